The number of ether oxygens (including phenoxy) is 1. The van der Waals surface area contributed by atoms with Crippen LogP contribution in [0.2, 0.25) is 0 Å². The van der Waals surface area contributed by atoms with Crippen molar-refractivity contribution in [3.63, 3.8) is 0 Å². The molecule has 0 saturated carbocycles. The molecule has 0 fully saturated rings. The summed E-state index contributed by atoms with van der Waals surface area (Å²) in [4.78, 5) is 24.1. The third-order valence-electron chi connectivity index (χ3n) is 5.20. The zero-order valence-corrected chi connectivity index (χ0v) is 16.7. The molecule has 0 spiro atoms. The Morgan fingerprint density at radius 3 is 2.70 bits per heavy atom. The Morgan fingerprint density at radius 1 is 1.07 bits per heavy atom. The fourth-order valence-corrected chi connectivity index (χ4v) is 3.77. The number of hydrogen-bond acceptors (Lipinski definition) is 3. The van der Waals surface area contributed by atoms with Gasteiger partial charge in [0.15, 0.2) is 5.78 Å². The van der Waals surface area contributed by atoms with Crippen molar-refractivity contribution < 1.29 is 18.7 Å². The lowest BCUT2D eigenvalue weighted by Gasteiger charge is -2.12. The van der Waals surface area contributed by atoms with E-state index in [0.717, 1.165) is 22.4 Å². The summed E-state index contributed by atoms with van der Waals surface area (Å²) in [6.07, 6.45) is 0.643. The van der Waals surface area contributed by atoms with E-state index < -0.39 is 0 Å². The Bertz CT molecular complexity index is 1110. The van der Waals surface area contributed by atoms with Gasteiger partial charge in [-0.1, -0.05) is 42.5 Å². The van der Waals surface area contributed by atoms with Gasteiger partial charge in [-0.05, 0) is 53.4 Å². The number of benzene rings is 3. The van der Waals surface area contributed by atoms with E-state index >= 15 is 0 Å². The molecule has 3 aromatic rings. The predicted molar refractivity (Wildman–Crippen MR) is 113 cm³/mol. The number of hydrogen-bond donors (Lipinski definition) is 1. The fourth-order valence-electron chi connectivity index (χ4n) is 3.77. The van der Waals surface area contributed by atoms with Crippen LogP contribution >= 0.6 is 0 Å². The summed E-state index contributed by atoms with van der Waals surface area (Å²) in [7, 11) is 0. The third-order valence-corrected chi connectivity index (χ3v) is 5.20. The molecule has 152 valence electrons. The Kier molecular flexibility index (Phi) is 5.61. The highest BCUT2D eigenvalue weighted by atomic mass is 19.1. The number of ketones is 1. The monoisotopic (exact) mass is 403 g/mol. The molecule has 0 radical (unpaired) electrons. The van der Waals surface area contributed by atoms with Crippen LogP contribution in [-0.4, -0.2) is 24.3 Å². The molecule has 1 heterocycles. The predicted octanol–water partition coefficient (Wildman–Crippen LogP) is 4.36. The summed E-state index contributed by atoms with van der Waals surface area (Å²) in [6, 6.07) is 19.5. The summed E-state index contributed by atoms with van der Waals surface area (Å²) >= 11 is 0. The molecular formula is C25H22FNO3. The molecule has 3 aromatic carbocycles. The van der Waals surface area contributed by atoms with Crippen LogP contribution in [0.3, 0.4) is 0 Å². The van der Waals surface area contributed by atoms with Gasteiger partial charge in [0, 0.05) is 12.0 Å². The maximum Gasteiger partial charge on any atom is 0.224 e. The molecule has 1 N–H and O–H groups in total. The standard InChI is InChI=1S/C25H22FNO3/c1-16(28)22-7-2-3-8-23(22)18-9-10-24-19(13-18)14-21(30-24)15-27-25(29)12-17-5-4-6-20(26)11-17/h2-11,13,21H,12,14-15H2,1H3,(H,27,29). The number of rotatable bonds is 6. The average Bonchev–Trinajstić information content (AvgIpc) is 3.14. The third kappa shape index (κ3) is 4.40. The average molecular weight is 403 g/mol. The van der Waals surface area contributed by atoms with Gasteiger partial charge in [0.1, 0.15) is 17.7 Å². The molecule has 0 bridgehead atoms. The Hall–Kier alpha value is -3.47. The number of halogens is 1. The molecular weight excluding hydrogens is 381 g/mol. The molecule has 0 saturated heterocycles. The summed E-state index contributed by atoms with van der Waals surface area (Å²) < 4.78 is 19.2. The molecule has 1 aliphatic heterocycles. The maximum atomic E-state index is 13.3. The van der Waals surface area contributed by atoms with Gasteiger partial charge in [-0.3, -0.25) is 9.59 Å². The minimum atomic E-state index is -0.350. The van der Waals surface area contributed by atoms with Crippen molar-refractivity contribution >= 4 is 11.7 Å². The summed E-state index contributed by atoms with van der Waals surface area (Å²) in [5.74, 6) is 0.304. The fraction of sp³-hybridized carbons (Fsp3) is 0.200. The van der Waals surface area contributed by atoms with Crippen LogP contribution in [0.25, 0.3) is 11.1 Å². The van der Waals surface area contributed by atoms with Gasteiger partial charge in [0.2, 0.25) is 5.91 Å². The minimum absolute atomic E-state index is 0.0289. The molecule has 1 atom stereocenters. The molecule has 0 aliphatic carbocycles. The van der Waals surface area contributed by atoms with Gasteiger partial charge in [-0.15, -0.1) is 0 Å². The molecule has 0 aromatic heterocycles. The van der Waals surface area contributed by atoms with Gasteiger partial charge >= 0.3 is 0 Å². The van der Waals surface area contributed by atoms with Crippen LogP contribution in [-0.2, 0) is 17.6 Å². The van der Waals surface area contributed by atoms with Crippen LogP contribution in [0, 0.1) is 5.82 Å². The minimum Gasteiger partial charge on any atom is -0.488 e. The van der Waals surface area contributed by atoms with Gasteiger partial charge < -0.3 is 10.1 Å². The van der Waals surface area contributed by atoms with Crippen LogP contribution in [0.1, 0.15) is 28.4 Å². The normalized spacial score (nSPS) is 14.7. The van der Waals surface area contributed by atoms with Gasteiger partial charge in [0.05, 0.1) is 13.0 Å². The largest absolute Gasteiger partial charge is 0.488 e. The van der Waals surface area contributed by atoms with E-state index in [0.29, 0.717) is 24.1 Å². The zero-order valence-electron chi connectivity index (χ0n) is 16.7. The quantitative estimate of drug-likeness (QED) is 0.623. The van der Waals surface area contributed by atoms with E-state index in [9.17, 15) is 14.0 Å². The van der Waals surface area contributed by atoms with E-state index in [1.54, 1.807) is 19.1 Å². The Morgan fingerprint density at radius 2 is 1.90 bits per heavy atom. The summed E-state index contributed by atoms with van der Waals surface area (Å²) in [5.41, 5.74) is 4.25. The van der Waals surface area contributed by atoms with Gasteiger partial charge in [-0.2, -0.15) is 0 Å². The topological polar surface area (TPSA) is 55.4 Å². The lowest BCUT2D eigenvalue weighted by Crippen LogP contribution is -2.35. The van der Waals surface area contributed by atoms with E-state index in [1.807, 2.05) is 42.5 Å². The van der Waals surface area contributed by atoms with Crippen LogP contribution in [0.15, 0.2) is 66.7 Å². The second-order valence-electron chi connectivity index (χ2n) is 7.48. The molecule has 5 heteroatoms. The van der Waals surface area contributed by atoms with Crippen molar-refractivity contribution in [3.8, 4) is 16.9 Å². The zero-order chi connectivity index (χ0) is 21.1. The molecule has 1 aliphatic rings. The number of fused-ring (bicyclic) bond motifs is 1. The number of carbonyl (C=O) groups is 2. The molecule has 1 unspecified atom stereocenters. The number of amides is 1. The SMILES string of the molecule is CC(=O)c1ccccc1-c1ccc2c(c1)CC(CNC(=O)Cc1cccc(F)c1)O2. The van der Waals surface area contributed by atoms with E-state index in [2.05, 4.69) is 5.32 Å². The van der Waals surface area contributed by atoms with Crippen molar-refractivity contribution in [1.29, 1.82) is 0 Å². The van der Waals surface area contributed by atoms with E-state index in [4.69, 9.17) is 4.74 Å². The van der Waals surface area contributed by atoms with Crippen molar-refractivity contribution in [2.45, 2.75) is 25.9 Å². The van der Waals surface area contributed by atoms with Gasteiger partial charge in [-0.25, -0.2) is 4.39 Å². The summed E-state index contributed by atoms with van der Waals surface area (Å²) in [6.45, 7) is 1.94. The number of Topliss-reactive ketones (excluding diaryl/α,β-unsaturated/α-hetero) is 1. The first-order valence-electron chi connectivity index (χ1n) is 9.90. The highest BCUT2D eigenvalue weighted by Crippen LogP contribution is 2.34. The van der Waals surface area contributed by atoms with Crippen LogP contribution < -0.4 is 10.1 Å². The smallest absolute Gasteiger partial charge is 0.224 e. The highest BCUT2D eigenvalue weighted by molar-refractivity contribution is 6.00. The number of nitrogens with one attached hydrogen (secondary N) is 1. The van der Waals surface area contributed by atoms with Crippen LogP contribution in [0.5, 0.6) is 5.75 Å². The summed E-state index contributed by atoms with van der Waals surface area (Å²) in [5, 5.41) is 2.87. The first-order valence-corrected chi connectivity index (χ1v) is 9.90. The van der Waals surface area contributed by atoms with Crippen molar-refractivity contribution in [2.24, 2.45) is 0 Å². The Labute approximate surface area is 174 Å². The van der Waals surface area contributed by atoms with E-state index in [-0.39, 0.29) is 30.0 Å². The van der Waals surface area contributed by atoms with E-state index in [1.165, 1.54) is 12.1 Å². The second-order valence-corrected chi connectivity index (χ2v) is 7.48. The number of carbonyl (C=O) groups excluding carboxylic acids is 2. The second kappa shape index (κ2) is 8.49. The van der Waals surface area contributed by atoms with Crippen molar-refractivity contribution in [1.82, 2.24) is 5.32 Å². The first-order chi connectivity index (χ1) is 14.5. The molecule has 1 amide bonds. The Balaban J connectivity index is 1.39. The first kappa shape index (κ1) is 19.8. The lowest BCUT2D eigenvalue weighted by molar-refractivity contribution is -0.120. The van der Waals surface area contributed by atoms with Crippen molar-refractivity contribution in [2.75, 3.05) is 6.54 Å². The van der Waals surface area contributed by atoms with Crippen molar-refractivity contribution in [3.05, 3.63) is 89.2 Å². The molecule has 30 heavy (non-hydrogen) atoms. The molecule has 4 rings (SSSR count). The van der Waals surface area contributed by atoms with Crippen LogP contribution in [0.4, 0.5) is 4.39 Å². The highest BCUT2D eigenvalue weighted by Gasteiger charge is 2.24. The lowest BCUT2D eigenvalue weighted by atomic mass is 9.95. The maximum absolute atomic E-state index is 13.3. The molecule has 4 nitrogen and oxygen atoms in total. The van der Waals surface area contributed by atoms with Gasteiger partial charge in [0.25, 0.3) is 0 Å².